The van der Waals surface area contributed by atoms with Crippen LogP contribution in [0.25, 0.3) is 0 Å². The zero-order valence-corrected chi connectivity index (χ0v) is 11.3. The van der Waals surface area contributed by atoms with Gasteiger partial charge in [0.25, 0.3) is 0 Å². The van der Waals surface area contributed by atoms with Gasteiger partial charge in [0.15, 0.2) is 0 Å². The van der Waals surface area contributed by atoms with E-state index in [-0.39, 0.29) is 12.5 Å². The number of ether oxygens (including phenoxy) is 1. The van der Waals surface area contributed by atoms with Crippen LogP contribution >= 0.6 is 15.9 Å². The number of hydrogen-bond donors (Lipinski definition) is 1. The smallest absolute Gasteiger partial charge is 0.318 e. The lowest BCUT2D eigenvalue weighted by atomic mass is 10.1. The number of amides is 1. The van der Waals surface area contributed by atoms with Crippen molar-refractivity contribution >= 4 is 33.5 Å². The Hall–Kier alpha value is -1.36. The van der Waals surface area contributed by atoms with Crippen LogP contribution in [-0.2, 0) is 14.3 Å². The minimum atomic E-state index is -0.811. The van der Waals surface area contributed by atoms with Crippen LogP contribution in [0.1, 0.15) is 13.8 Å². The van der Waals surface area contributed by atoms with Crippen molar-refractivity contribution in [1.29, 1.82) is 0 Å². The standard InChI is InChI=1S/C12H14BrNO3/c1-3-17-12(16)8(2)11(15)14-10-6-4-5-9(13)7-10/h4-8H,3H2,1-2H3,(H,14,15). The maximum Gasteiger partial charge on any atom is 0.318 e. The summed E-state index contributed by atoms with van der Waals surface area (Å²) in [6.45, 7) is 3.50. The molecule has 0 fully saturated rings. The third-order valence-electron chi connectivity index (χ3n) is 2.13. The molecule has 0 aromatic heterocycles. The highest BCUT2D eigenvalue weighted by Crippen LogP contribution is 2.16. The Bertz CT molecular complexity index is 420. The van der Waals surface area contributed by atoms with Crippen LogP contribution in [0, 0.1) is 5.92 Å². The number of hydrogen-bond acceptors (Lipinski definition) is 3. The molecule has 1 atom stereocenters. The molecule has 0 bridgehead atoms. The Labute approximate surface area is 108 Å². The van der Waals surface area contributed by atoms with Crippen LogP contribution in [0.15, 0.2) is 28.7 Å². The van der Waals surface area contributed by atoms with Crippen molar-refractivity contribution in [2.75, 3.05) is 11.9 Å². The molecule has 0 saturated carbocycles. The molecule has 0 aliphatic heterocycles. The van der Waals surface area contributed by atoms with Crippen molar-refractivity contribution in [1.82, 2.24) is 0 Å². The first kappa shape index (κ1) is 13.7. The fourth-order valence-corrected chi connectivity index (χ4v) is 1.59. The highest BCUT2D eigenvalue weighted by Gasteiger charge is 2.22. The van der Waals surface area contributed by atoms with Gasteiger partial charge in [-0.15, -0.1) is 0 Å². The lowest BCUT2D eigenvalue weighted by molar-refractivity contribution is -0.150. The quantitative estimate of drug-likeness (QED) is 0.687. The lowest BCUT2D eigenvalue weighted by Gasteiger charge is -2.11. The van der Waals surface area contributed by atoms with E-state index in [1.807, 2.05) is 6.07 Å². The fourth-order valence-electron chi connectivity index (χ4n) is 1.19. The van der Waals surface area contributed by atoms with Gasteiger partial charge in [-0.25, -0.2) is 0 Å². The van der Waals surface area contributed by atoms with Gasteiger partial charge in [0, 0.05) is 10.2 Å². The van der Waals surface area contributed by atoms with E-state index in [2.05, 4.69) is 21.2 Å². The van der Waals surface area contributed by atoms with Crippen LogP contribution in [0.3, 0.4) is 0 Å². The van der Waals surface area contributed by atoms with Gasteiger partial charge in [-0.2, -0.15) is 0 Å². The molecule has 1 unspecified atom stereocenters. The summed E-state index contributed by atoms with van der Waals surface area (Å²) in [5, 5.41) is 2.65. The van der Waals surface area contributed by atoms with Gasteiger partial charge >= 0.3 is 5.97 Å². The second kappa shape index (κ2) is 6.39. The SMILES string of the molecule is CCOC(=O)C(C)C(=O)Nc1cccc(Br)c1. The number of anilines is 1. The monoisotopic (exact) mass is 299 g/mol. The summed E-state index contributed by atoms with van der Waals surface area (Å²) < 4.78 is 5.64. The van der Waals surface area contributed by atoms with Crippen molar-refractivity contribution in [3.8, 4) is 0 Å². The summed E-state index contributed by atoms with van der Waals surface area (Å²) in [6, 6.07) is 7.16. The third-order valence-corrected chi connectivity index (χ3v) is 2.62. The molecule has 1 N–H and O–H groups in total. The molecule has 1 amide bonds. The van der Waals surface area contributed by atoms with Crippen molar-refractivity contribution in [3.05, 3.63) is 28.7 Å². The average molecular weight is 300 g/mol. The summed E-state index contributed by atoms with van der Waals surface area (Å²) in [5.41, 5.74) is 0.639. The number of nitrogens with one attached hydrogen (secondary N) is 1. The van der Waals surface area contributed by atoms with Gasteiger partial charge in [0.2, 0.25) is 5.91 Å². The van der Waals surface area contributed by atoms with E-state index < -0.39 is 11.9 Å². The zero-order valence-electron chi connectivity index (χ0n) is 9.70. The van der Waals surface area contributed by atoms with Crippen LogP contribution < -0.4 is 5.32 Å². The second-order valence-corrected chi connectivity index (χ2v) is 4.39. The predicted octanol–water partition coefficient (Wildman–Crippen LogP) is 2.59. The van der Waals surface area contributed by atoms with E-state index in [4.69, 9.17) is 4.74 Å². The second-order valence-electron chi connectivity index (χ2n) is 3.47. The highest BCUT2D eigenvalue weighted by molar-refractivity contribution is 9.10. The molecule has 1 rings (SSSR count). The summed E-state index contributed by atoms with van der Waals surface area (Å²) in [4.78, 5) is 23.1. The van der Waals surface area contributed by atoms with Crippen LogP contribution in [0.2, 0.25) is 0 Å². The molecule has 1 aromatic rings. The maximum atomic E-state index is 11.7. The topological polar surface area (TPSA) is 55.4 Å². The molecule has 4 nitrogen and oxygen atoms in total. The summed E-state index contributed by atoms with van der Waals surface area (Å²) in [6.07, 6.45) is 0. The van der Waals surface area contributed by atoms with Gasteiger partial charge in [-0.1, -0.05) is 22.0 Å². The number of halogens is 1. The van der Waals surface area contributed by atoms with E-state index >= 15 is 0 Å². The Balaban J connectivity index is 2.63. The molecule has 1 aromatic carbocycles. The Morgan fingerprint density at radius 1 is 1.47 bits per heavy atom. The van der Waals surface area contributed by atoms with E-state index in [0.717, 1.165) is 4.47 Å². The molecular weight excluding hydrogens is 286 g/mol. The molecule has 92 valence electrons. The fraction of sp³-hybridized carbons (Fsp3) is 0.333. The van der Waals surface area contributed by atoms with Crippen molar-refractivity contribution < 1.29 is 14.3 Å². The minimum absolute atomic E-state index is 0.271. The lowest BCUT2D eigenvalue weighted by Crippen LogP contribution is -2.28. The Morgan fingerprint density at radius 2 is 2.18 bits per heavy atom. The normalized spacial score (nSPS) is 11.7. The van der Waals surface area contributed by atoms with E-state index in [0.29, 0.717) is 5.69 Å². The van der Waals surface area contributed by atoms with Crippen molar-refractivity contribution in [3.63, 3.8) is 0 Å². The molecule has 17 heavy (non-hydrogen) atoms. The molecule has 0 radical (unpaired) electrons. The van der Waals surface area contributed by atoms with Gasteiger partial charge in [-0.05, 0) is 32.0 Å². The number of carbonyl (C=O) groups excluding carboxylic acids is 2. The van der Waals surface area contributed by atoms with Crippen LogP contribution in [0.5, 0.6) is 0 Å². The Morgan fingerprint density at radius 3 is 2.76 bits per heavy atom. The Kier molecular flexibility index (Phi) is 5.15. The molecular formula is C12H14BrNO3. The summed E-state index contributed by atoms with van der Waals surface area (Å²) in [5.74, 6) is -1.70. The predicted molar refractivity (Wildman–Crippen MR) is 68.6 cm³/mol. The third kappa shape index (κ3) is 4.19. The summed E-state index contributed by atoms with van der Waals surface area (Å²) >= 11 is 3.30. The van der Waals surface area contributed by atoms with E-state index in [9.17, 15) is 9.59 Å². The molecule has 0 spiro atoms. The molecule has 5 heteroatoms. The maximum absolute atomic E-state index is 11.7. The average Bonchev–Trinajstić information content (AvgIpc) is 2.28. The number of esters is 1. The molecule has 0 saturated heterocycles. The minimum Gasteiger partial charge on any atom is -0.465 e. The van der Waals surface area contributed by atoms with Gasteiger partial charge in [0.05, 0.1) is 6.61 Å². The van der Waals surface area contributed by atoms with Gasteiger partial charge in [0.1, 0.15) is 5.92 Å². The number of benzene rings is 1. The van der Waals surface area contributed by atoms with E-state index in [1.165, 1.54) is 6.92 Å². The van der Waals surface area contributed by atoms with E-state index in [1.54, 1.807) is 25.1 Å². The number of carbonyl (C=O) groups is 2. The largest absolute Gasteiger partial charge is 0.465 e. The van der Waals surface area contributed by atoms with Crippen molar-refractivity contribution in [2.45, 2.75) is 13.8 Å². The van der Waals surface area contributed by atoms with Gasteiger partial charge in [-0.3, -0.25) is 9.59 Å². The molecule has 0 aliphatic rings. The first-order chi connectivity index (χ1) is 8.04. The highest BCUT2D eigenvalue weighted by atomic mass is 79.9. The first-order valence-electron chi connectivity index (χ1n) is 5.27. The van der Waals surface area contributed by atoms with Crippen LogP contribution in [0.4, 0.5) is 5.69 Å². The summed E-state index contributed by atoms with van der Waals surface area (Å²) in [7, 11) is 0. The number of rotatable bonds is 4. The zero-order chi connectivity index (χ0) is 12.8. The molecule has 0 heterocycles. The first-order valence-corrected chi connectivity index (χ1v) is 6.07. The van der Waals surface area contributed by atoms with Gasteiger partial charge < -0.3 is 10.1 Å². The molecule has 0 aliphatic carbocycles. The van der Waals surface area contributed by atoms with Crippen molar-refractivity contribution in [2.24, 2.45) is 5.92 Å². The van der Waals surface area contributed by atoms with Crippen LogP contribution in [-0.4, -0.2) is 18.5 Å².